The summed E-state index contributed by atoms with van der Waals surface area (Å²) in [6, 6.07) is 6.22. The van der Waals surface area contributed by atoms with Crippen molar-refractivity contribution in [3.05, 3.63) is 33.4 Å². The summed E-state index contributed by atoms with van der Waals surface area (Å²) in [6.45, 7) is 1.85. The molecule has 1 aromatic carbocycles. The average Bonchev–Trinajstić information content (AvgIpc) is 3.18. The molecule has 1 heterocycles. The van der Waals surface area contributed by atoms with Gasteiger partial charge in [0.25, 0.3) is 5.79 Å². The van der Waals surface area contributed by atoms with E-state index in [2.05, 4.69) is 5.32 Å². The van der Waals surface area contributed by atoms with Crippen molar-refractivity contribution in [3.8, 4) is 0 Å². The topological polar surface area (TPSA) is 117 Å². The second-order valence-corrected chi connectivity index (χ2v) is 9.94. The van der Waals surface area contributed by atoms with Crippen LogP contribution < -0.4 is 5.32 Å². The van der Waals surface area contributed by atoms with Crippen LogP contribution in [0.5, 0.6) is 0 Å². The van der Waals surface area contributed by atoms with E-state index in [0.717, 1.165) is 22.0 Å². The van der Waals surface area contributed by atoms with Crippen LogP contribution in [0.1, 0.15) is 38.2 Å². The lowest BCUT2D eigenvalue weighted by Gasteiger charge is -2.32. The van der Waals surface area contributed by atoms with E-state index < -0.39 is 56.6 Å². The third-order valence-corrected chi connectivity index (χ3v) is 7.65. The Morgan fingerprint density at radius 1 is 1.13 bits per heavy atom. The van der Waals surface area contributed by atoms with Crippen molar-refractivity contribution in [1.29, 1.82) is 0 Å². The molecular weight excluding hydrogens is 521 g/mol. The van der Waals surface area contributed by atoms with Crippen LogP contribution in [0.25, 0.3) is 0 Å². The summed E-state index contributed by atoms with van der Waals surface area (Å²) >= 11 is -1.09. The highest BCUT2D eigenvalue weighted by atomic mass is 127. The van der Waals surface area contributed by atoms with E-state index in [4.69, 9.17) is 18.9 Å². The standard InChI is InChI=1S/C21H24INO8/c1-3-29-20(27)23-15(17(24)28-2)12-13-6-8-14(9-7-13)22-16-18(25)30-21(31-19(16)26)10-4-5-11-21/h6-9,15H,3-5,10-12H2,1-2H3,(H,23,27)/t15-/m0/s1. The maximum Gasteiger partial charge on any atom is 0.407 e. The number of hydrogen-bond donors (Lipinski definition) is 1. The highest BCUT2D eigenvalue weighted by Gasteiger charge is 2.48. The number of halogens is 1. The third kappa shape index (κ3) is 5.81. The first-order valence-electron chi connectivity index (χ1n) is 9.94. The lowest BCUT2D eigenvalue weighted by atomic mass is 10.1. The summed E-state index contributed by atoms with van der Waals surface area (Å²) < 4.78 is 21.4. The number of alkyl carbamates (subject to hydrolysis) is 1. The predicted molar refractivity (Wildman–Crippen MR) is 117 cm³/mol. The molecule has 31 heavy (non-hydrogen) atoms. The van der Waals surface area contributed by atoms with Crippen molar-refractivity contribution in [3.63, 3.8) is 0 Å². The zero-order valence-corrected chi connectivity index (χ0v) is 19.4. The van der Waals surface area contributed by atoms with Crippen LogP contribution in [0.3, 0.4) is 0 Å². The van der Waals surface area contributed by atoms with Crippen molar-refractivity contribution in [2.45, 2.75) is 50.9 Å². The largest absolute Gasteiger partial charge is 0.467 e. The molecule has 1 amide bonds. The second kappa shape index (κ2) is 10.2. The first-order valence-corrected chi connectivity index (χ1v) is 12.1. The number of hydrogen-bond acceptors (Lipinski definition) is 8. The fraction of sp³-hybridized carbons (Fsp3) is 0.476. The molecule has 1 atom stereocenters. The molecule has 1 aromatic rings. The molecule has 1 aliphatic carbocycles. The number of benzene rings is 1. The van der Waals surface area contributed by atoms with Gasteiger partial charge in [-0.2, -0.15) is 0 Å². The van der Waals surface area contributed by atoms with Gasteiger partial charge in [-0.25, -0.2) is 19.2 Å². The van der Waals surface area contributed by atoms with Crippen LogP contribution in [0.4, 0.5) is 4.79 Å². The molecule has 1 aliphatic heterocycles. The number of amides is 1. The minimum absolute atomic E-state index is 0.0699. The van der Waals surface area contributed by atoms with Crippen LogP contribution in [0, 0.1) is 3.57 Å². The Hall–Kier alpha value is -2.50. The van der Waals surface area contributed by atoms with Crippen LogP contribution in [-0.4, -0.2) is 53.1 Å². The van der Waals surface area contributed by atoms with Gasteiger partial charge < -0.3 is 24.3 Å². The molecule has 9 nitrogen and oxygen atoms in total. The molecule has 0 aromatic heterocycles. The summed E-state index contributed by atoms with van der Waals surface area (Å²) in [6.07, 6.45) is 2.32. The molecule has 0 radical (unpaired) electrons. The highest BCUT2D eigenvalue weighted by molar-refractivity contribution is 14.2. The molecule has 3 rings (SSSR count). The molecule has 10 heteroatoms. The normalized spacial score (nSPS) is 18.2. The van der Waals surface area contributed by atoms with Gasteiger partial charge in [-0.15, -0.1) is 0 Å². The number of nitrogens with one attached hydrogen (secondary N) is 1. The number of ether oxygens (including phenoxy) is 4. The van der Waals surface area contributed by atoms with Crippen LogP contribution in [0.15, 0.2) is 24.3 Å². The summed E-state index contributed by atoms with van der Waals surface area (Å²) in [5.41, 5.74) is 0.767. The maximum absolute atomic E-state index is 12.4. The highest BCUT2D eigenvalue weighted by Crippen LogP contribution is 2.37. The Morgan fingerprint density at radius 3 is 2.29 bits per heavy atom. The molecule has 1 saturated carbocycles. The van der Waals surface area contributed by atoms with E-state index in [1.807, 2.05) is 0 Å². The minimum atomic E-state index is -1.09. The Kier molecular flexibility index (Phi) is 7.63. The van der Waals surface area contributed by atoms with Gasteiger partial charge in [0, 0.05) is 22.8 Å². The Labute approximate surface area is 189 Å². The summed E-state index contributed by atoms with van der Waals surface area (Å²) in [5, 5.41) is 2.48. The number of methoxy groups -OCH3 is 1. The monoisotopic (exact) mass is 545 g/mol. The van der Waals surface area contributed by atoms with Gasteiger partial charge in [0.2, 0.25) is 0 Å². The van der Waals surface area contributed by atoms with E-state index >= 15 is 0 Å². The quantitative estimate of drug-likeness (QED) is 0.329. The summed E-state index contributed by atoms with van der Waals surface area (Å²) in [5.74, 6) is -2.83. The first-order chi connectivity index (χ1) is 14.9. The van der Waals surface area contributed by atoms with Crippen molar-refractivity contribution in [2.24, 2.45) is 0 Å². The van der Waals surface area contributed by atoms with Crippen molar-refractivity contribution in [1.82, 2.24) is 5.32 Å². The Morgan fingerprint density at radius 2 is 1.74 bits per heavy atom. The summed E-state index contributed by atoms with van der Waals surface area (Å²) in [7, 11) is 1.24. The van der Waals surface area contributed by atoms with Gasteiger partial charge in [0.05, 0.1) is 13.7 Å². The smallest absolute Gasteiger partial charge is 0.407 e. The van der Waals surface area contributed by atoms with Gasteiger partial charge >= 0.3 is 24.0 Å². The Balaban J connectivity index is 1.69. The van der Waals surface area contributed by atoms with Gasteiger partial charge in [-0.05, 0) is 37.5 Å². The van der Waals surface area contributed by atoms with Crippen molar-refractivity contribution in [2.75, 3.05) is 13.7 Å². The molecule has 2 fully saturated rings. The lowest BCUT2D eigenvalue weighted by Crippen LogP contribution is -2.48. The number of carbonyl (C=O) groups is 4. The molecule has 168 valence electrons. The van der Waals surface area contributed by atoms with Crippen LogP contribution in [-0.2, 0) is 39.8 Å². The SMILES string of the molecule is CCOC(=O)N[C@@H](Cc1ccc(I=C2C(=O)OC3(CCCC3)OC2=O)cc1)C(=O)OC. The molecular formula is C21H24INO8. The van der Waals surface area contributed by atoms with Gasteiger partial charge in [0.15, 0.2) is 3.51 Å². The molecule has 0 unspecified atom stereocenters. The Bertz CT molecular complexity index is 867. The third-order valence-electron chi connectivity index (χ3n) is 4.89. The molecule has 0 bridgehead atoms. The van der Waals surface area contributed by atoms with Crippen LogP contribution >= 0.6 is 20.7 Å². The molecule has 2 aliphatic rings. The average molecular weight is 545 g/mol. The van der Waals surface area contributed by atoms with Crippen molar-refractivity contribution < 1.29 is 38.1 Å². The van der Waals surface area contributed by atoms with Crippen molar-refractivity contribution >= 4 is 48.2 Å². The molecule has 1 N–H and O–H groups in total. The van der Waals surface area contributed by atoms with Gasteiger partial charge in [0.1, 0.15) is 6.04 Å². The maximum atomic E-state index is 12.4. The predicted octanol–water partition coefficient (Wildman–Crippen LogP) is 2.20. The zero-order valence-electron chi connectivity index (χ0n) is 17.3. The number of esters is 3. The molecule has 1 spiro atoms. The van der Waals surface area contributed by atoms with E-state index in [9.17, 15) is 19.2 Å². The zero-order chi connectivity index (χ0) is 22.4. The fourth-order valence-corrected chi connectivity index (χ4v) is 5.41. The minimum Gasteiger partial charge on any atom is -0.467 e. The van der Waals surface area contributed by atoms with Crippen LogP contribution in [0.2, 0.25) is 0 Å². The number of carbonyl (C=O) groups excluding carboxylic acids is 4. The fourth-order valence-electron chi connectivity index (χ4n) is 3.41. The second-order valence-electron chi connectivity index (χ2n) is 7.08. The lowest BCUT2D eigenvalue weighted by molar-refractivity contribution is -0.224. The van der Waals surface area contributed by atoms with E-state index in [-0.39, 0.29) is 16.5 Å². The first kappa shape index (κ1) is 23.2. The number of rotatable bonds is 6. The van der Waals surface area contributed by atoms with E-state index in [1.165, 1.54) is 7.11 Å². The van der Waals surface area contributed by atoms with Gasteiger partial charge in [-0.1, -0.05) is 32.9 Å². The summed E-state index contributed by atoms with van der Waals surface area (Å²) in [4.78, 5) is 48.5. The van der Waals surface area contributed by atoms with Gasteiger partial charge in [-0.3, -0.25) is 0 Å². The van der Waals surface area contributed by atoms with E-state index in [1.54, 1.807) is 31.2 Å². The molecule has 1 saturated heterocycles. The van der Waals surface area contributed by atoms with E-state index in [0.29, 0.717) is 12.8 Å².